The minimum absolute atomic E-state index is 0.309. The van der Waals surface area contributed by atoms with Crippen LogP contribution in [-0.2, 0) is 9.31 Å². The molecule has 0 aliphatic carbocycles. The fourth-order valence-electron chi connectivity index (χ4n) is 7.07. The first kappa shape index (κ1) is 39.4. The number of aromatic nitrogens is 2. The summed E-state index contributed by atoms with van der Waals surface area (Å²) in [5.74, 6) is 1.10. The molecule has 3 heterocycles. The van der Waals surface area contributed by atoms with Gasteiger partial charge in [-0.3, -0.25) is 4.98 Å². The normalized spacial score (nSPS) is 14.6. The Bertz CT molecular complexity index is 2640. The van der Waals surface area contributed by atoms with Crippen LogP contribution in [-0.4, -0.2) is 28.3 Å². The third-order valence-corrected chi connectivity index (χ3v) is 11.6. The molecule has 4 nitrogen and oxygen atoms in total. The summed E-state index contributed by atoms with van der Waals surface area (Å²) in [5, 5.41) is 10.2. The summed E-state index contributed by atoms with van der Waals surface area (Å²) in [6.07, 6.45) is 3.73. The van der Waals surface area contributed by atoms with E-state index in [0.29, 0.717) is 11.8 Å². The zero-order chi connectivity index (χ0) is 39.6. The van der Waals surface area contributed by atoms with Gasteiger partial charge in [0.2, 0.25) is 0 Å². The SMILES string of the molecule is CC(C)c1ccnc(-c2ccc3c(ccc4ccccc43)c2)c1.CC(C)c1ccnc(Br)c1.CC1(C)OB(c2ccc3c(ccc4ccccc43)c2)OC1(C)C. The average molecular weight is 802 g/mol. The molecule has 1 saturated heterocycles. The van der Waals surface area contributed by atoms with Crippen LogP contribution in [0.2, 0.25) is 0 Å². The van der Waals surface area contributed by atoms with Gasteiger partial charge in [0.05, 0.1) is 16.9 Å². The molecule has 0 amide bonds. The Kier molecular flexibility index (Phi) is 11.5. The van der Waals surface area contributed by atoms with Gasteiger partial charge in [-0.05, 0) is 145 Å². The van der Waals surface area contributed by atoms with Gasteiger partial charge >= 0.3 is 7.12 Å². The van der Waals surface area contributed by atoms with Crippen molar-refractivity contribution >= 4 is 71.6 Å². The lowest BCUT2D eigenvalue weighted by Crippen LogP contribution is -2.41. The van der Waals surface area contributed by atoms with Crippen molar-refractivity contribution in [3.63, 3.8) is 0 Å². The minimum atomic E-state index is -0.310. The molecule has 0 atom stereocenters. The first-order valence-electron chi connectivity index (χ1n) is 19.6. The van der Waals surface area contributed by atoms with Crippen LogP contribution < -0.4 is 5.46 Å². The van der Waals surface area contributed by atoms with Crippen LogP contribution in [0.5, 0.6) is 0 Å². The highest BCUT2D eigenvalue weighted by Gasteiger charge is 2.51. The zero-order valence-corrected chi connectivity index (χ0v) is 35.3. The Morgan fingerprint density at radius 3 is 1.54 bits per heavy atom. The van der Waals surface area contributed by atoms with Crippen LogP contribution >= 0.6 is 15.9 Å². The summed E-state index contributed by atoms with van der Waals surface area (Å²) < 4.78 is 13.2. The van der Waals surface area contributed by atoms with Gasteiger partial charge in [0.25, 0.3) is 0 Å². The highest BCUT2D eigenvalue weighted by Crippen LogP contribution is 2.37. The molecule has 56 heavy (non-hydrogen) atoms. The Balaban J connectivity index is 0.000000139. The molecule has 0 saturated carbocycles. The van der Waals surface area contributed by atoms with Crippen molar-refractivity contribution in [2.75, 3.05) is 0 Å². The van der Waals surface area contributed by atoms with E-state index < -0.39 is 0 Å². The topological polar surface area (TPSA) is 44.2 Å². The van der Waals surface area contributed by atoms with Gasteiger partial charge in [-0.2, -0.15) is 0 Å². The number of fused-ring (bicyclic) bond motifs is 6. The number of rotatable bonds is 4. The molecule has 0 bridgehead atoms. The van der Waals surface area contributed by atoms with E-state index >= 15 is 0 Å². The molecule has 0 spiro atoms. The van der Waals surface area contributed by atoms with Gasteiger partial charge in [-0.25, -0.2) is 4.98 Å². The second kappa shape index (κ2) is 16.3. The third-order valence-electron chi connectivity index (χ3n) is 11.2. The molecule has 2 aromatic heterocycles. The Hall–Kier alpha value is -4.88. The summed E-state index contributed by atoms with van der Waals surface area (Å²) in [6, 6.07) is 47.3. The fourth-order valence-corrected chi connectivity index (χ4v) is 7.45. The van der Waals surface area contributed by atoms with E-state index in [4.69, 9.17) is 9.31 Å². The van der Waals surface area contributed by atoms with Crippen molar-refractivity contribution < 1.29 is 9.31 Å². The van der Waals surface area contributed by atoms with E-state index in [9.17, 15) is 0 Å². The van der Waals surface area contributed by atoms with Crippen molar-refractivity contribution in [2.24, 2.45) is 0 Å². The molecule has 282 valence electrons. The number of halogens is 1. The van der Waals surface area contributed by atoms with Gasteiger partial charge in [-0.1, -0.05) is 131 Å². The van der Waals surface area contributed by atoms with E-state index in [-0.39, 0.29) is 18.3 Å². The molecular formula is C50H50BBrN2O2. The van der Waals surface area contributed by atoms with Gasteiger partial charge in [0.15, 0.2) is 0 Å². The van der Waals surface area contributed by atoms with Crippen LogP contribution in [0.3, 0.4) is 0 Å². The van der Waals surface area contributed by atoms with E-state index in [0.717, 1.165) is 15.8 Å². The lowest BCUT2D eigenvalue weighted by Gasteiger charge is -2.32. The molecule has 0 unspecified atom stereocenters. The van der Waals surface area contributed by atoms with Crippen molar-refractivity contribution in [2.45, 2.75) is 78.4 Å². The predicted octanol–water partition coefficient (Wildman–Crippen LogP) is 13.4. The highest BCUT2D eigenvalue weighted by molar-refractivity contribution is 9.10. The molecule has 8 aromatic rings. The molecule has 6 aromatic carbocycles. The predicted molar refractivity (Wildman–Crippen MR) is 242 cm³/mol. The van der Waals surface area contributed by atoms with Gasteiger partial charge in [-0.15, -0.1) is 0 Å². The van der Waals surface area contributed by atoms with E-state index in [1.165, 1.54) is 59.8 Å². The first-order valence-corrected chi connectivity index (χ1v) is 20.4. The van der Waals surface area contributed by atoms with Crippen molar-refractivity contribution in [3.8, 4) is 11.3 Å². The molecule has 0 radical (unpaired) electrons. The smallest absolute Gasteiger partial charge is 0.399 e. The number of pyridine rings is 2. The number of nitrogens with zero attached hydrogens (tertiary/aromatic N) is 2. The number of hydrogen-bond donors (Lipinski definition) is 0. The zero-order valence-electron chi connectivity index (χ0n) is 33.7. The fraction of sp³-hybridized carbons (Fsp3) is 0.240. The molecular weight excluding hydrogens is 751 g/mol. The van der Waals surface area contributed by atoms with E-state index in [1.54, 1.807) is 0 Å². The Morgan fingerprint density at radius 1 is 0.500 bits per heavy atom. The lowest BCUT2D eigenvalue weighted by molar-refractivity contribution is 0.00578. The van der Waals surface area contributed by atoms with Crippen LogP contribution in [0, 0.1) is 0 Å². The number of hydrogen-bond acceptors (Lipinski definition) is 4. The highest BCUT2D eigenvalue weighted by atomic mass is 79.9. The summed E-state index contributed by atoms with van der Waals surface area (Å²) in [4.78, 5) is 8.60. The summed E-state index contributed by atoms with van der Waals surface area (Å²) in [5.41, 5.74) is 5.33. The second-order valence-corrected chi connectivity index (χ2v) is 17.1. The van der Waals surface area contributed by atoms with Gasteiger partial charge in [0, 0.05) is 18.0 Å². The van der Waals surface area contributed by atoms with Crippen LogP contribution in [0.4, 0.5) is 0 Å². The maximum atomic E-state index is 6.16. The van der Waals surface area contributed by atoms with E-state index in [2.05, 4.69) is 203 Å². The summed E-state index contributed by atoms with van der Waals surface area (Å²) in [7, 11) is -0.309. The van der Waals surface area contributed by atoms with Gasteiger partial charge < -0.3 is 9.31 Å². The minimum Gasteiger partial charge on any atom is -0.399 e. The Labute approximate surface area is 340 Å². The largest absolute Gasteiger partial charge is 0.494 e. The quantitative estimate of drug-likeness (QED) is 0.101. The maximum Gasteiger partial charge on any atom is 0.494 e. The van der Waals surface area contributed by atoms with Crippen molar-refractivity contribution in [3.05, 3.63) is 162 Å². The Morgan fingerprint density at radius 2 is 0.982 bits per heavy atom. The summed E-state index contributed by atoms with van der Waals surface area (Å²) >= 11 is 3.32. The molecule has 0 N–H and O–H groups in total. The van der Waals surface area contributed by atoms with Crippen LogP contribution in [0.15, 0.2) is 150 Å². The van der Waals surface area contributed by atoms with Crippen LogP contribution in [0.1, 0.15) is 78.4 Å². The molecule has 1 aliphatic rings. The van der Waals surface area contributed by atoms with Gasteiger partial charge in [0.1, 0.15) is 4.60 Å². The monoisotopic (exact) mass is 800 g/mol. The summed E-state index contributed by atoms with van der Waals surface area (Å²) in [6.45, 7) is 17.1. The average Bonchev–Trinajstić information content (AvgIpc) is 3.43. The second-order valence-electron chi connectivity index (χ2n) is 16.3. The van der Waals surface area contributed by atoms with E-state index in [1.807, 2.05) is 24.5 Å². The van der Waals surface area contributed by atoms with Crippen molar-refractivity contribution in [1.29, 1.82) is 0 Å². The third kappa shape index (κ3) is 8.44. The van der Waals surface area contributed by atoms with Crippen LogP contribution in [0.25, 0.3) is 54.3 Å². The molecule has 1 aliphatic heterocycles. The van der Waals surface area contributed by atoms with Crippen molar-refractivity contribution in [1.82, 2.24) is 9.97 Å². The molecule has 9 rings (SSSR count). The first-order chi connectivity index (χ1) is 26.8. The number of benzene rings is 6. The lowest BCUT2D eigenvalue weighted by atomic mass is 9.78. The maximum absolute atomic E-state index is 6.16. The molecule has 1 fully saturated rings. The standard InChI is InChI=1S/C22H19N.C20H21BO2.C8H10BrN/c1-15(2)17-11-12-23-22(14-17)19-9-10-21-18(13-19)8-7-16-5-3-4-6-20(16)21;1-19(2)20(3,4)23-21(22-19)16-11-12-18-15(13-16)10-9-14-7-5-6-8-17(14)18;1-6(2)7-3-4-10-8(9)5-7/h3-15H,1-2H3;5-13H,1-4H3;3-6H,1-2H3. The molecule has 6 heteroatoms.